The number of hydrogen-bond donors (Lipinski definition) is 0. The van der Waals surface area contributed by atoms with E-state index >= 15 is 0 Å². The van der Waals surface area contributed by atoms with Gasteiger partial charge in [0.2, 0.25) is 0 Å². The first-order valence-electron chi connectivity index (χ1n) is 9.00. The fraction of sp³-hybridized carbons (Fsp3) is 0.333. The highest BCUT2D eigenvalue weighted by Crippen LogP contribution is 2.22. The van der Waals surface area contributed by atoms with Crippen LogP contribution in [0.1, 0.15) is 35.7 Å². The summed E-state index contributed by atoms with van der Waals surface area (Å²) < 4.78 is 11.2. The molecule has 0 N–H and O–H groups in total. The fourth-order valence-electron chi connectivity index (χ4n) is 2.97. The molecule has 1 fully saturated rings. The number of para-hydroxylation sites is 1. The first-order chi connectivity index (χ1) is 13.0. The average Bonchev–Trinajstić information content (AvgIpc) is 3.22. The maximum absolute atomic E-state index is 12.6. The van der Waals surface area contributed by atoms with Crippen molar-refractivity contribution in [2.24, 2.45) is 0 Å². The summed E-state index contributed by atoms with van der Waals surface area (Å²) in [5.41, 5.74) is 1.23. The van der Waals surface area contributed by atoms with E-state index in [1.165, 1.54) is 0 Å². The fourth-order valence-corrected chi connectivity index (χ4v) is 3.10. The molecular weight excluding hydrogens is 366 g/mol. The van der Waals surface area contributed by atoms with Crippen LogP contribution >= 0.6 is 11.6 Å². The Morgan fingerprint density at radius 3 is 2.44 bits per heavy atom. The number of ether oxygens (including phenoxy) is 2. The molecule has 0 radical (unpaired) electrons. The van der Waals surface area contributed by atoms with Crippen molar-refractivity contribution < 1.29 is 19.1 Å². The number of carbonyl (C=O) groups excluding carboxylic acids is 2. The first-order valence-corrected chi connectivity index (χ1v) is 9.38. The van der Waals surface area contributed by atoms with Crippen LogP contribution < -0.4 is 4.74 Å². The summed E-state index contributed by atoms with van der Waals surface area (Å²) >= 11 is 5.88. The zero-order valence-corrected chi connectivity index (χ0v) is 15.9. The highest BCUT2D eigenvalue weighted by molar-refractivity contribution is 6.30. The lowest BCUT2D eigenvalue weighted by Gasteiger charge is -2.20. The molecule has 0 spiro atoms. The van der Waals surface area contributed by atoms with Crippen molar-refractivity contribution >= 4 is 23.5 Å². The van der Waals surface area contributed by atoms with Crippen molar-refractivity contribution in [2.45, 2.75) is 32.5 Å². The Labute approximate surface area is 163 Å². The number of carbonyl (C=O) groups is 2. The number of halogens is 1. The molecule has 0 bridgehead atoms. The summed E-state index contributed by atoms with van der Waals surface area (Å²) in [5.74, 6) is -0.305. The Morgan fingerprint density at radius 1 is 1.07 bits per heavy atom. The molecule has 2 aromatic rings. The van der Waals surface area contributed by atoms with Crippen LogP contribution in [-0.2, 0) is 16.1 Å². The van der Waals surface area contributed by atoms with Gasteiger partial charge in [-0.15, -0.1) is 0 Å². The number of benzene rings is 2. The van der Waals surface area contributed by atoms with Gasteiger partial charge in [-0.1, -0.05) is 35.9 Å². The molecule has 1 saturated heterocycles. The van der Waals surface area contributed by atoms with E-state index in [0.29, 0.717) is 22.9 Å². The van der Waals surface area contributed by atoms with E-state index in [2.05, 4.69) is 0 Å². The second-order valence-corrected chi connectivity index (χ2v) is 6.93. The quantitative estimate of drug-likeness (QED) is 0.700. The maximum atomic E-state index is 12.6. The third kappa shape index (κ3) is 5.01. The number of likely N-dealkylation sites (tertiary alicyclic amines) is 1. The smallest absolute Gasteiger partial charge is 0.342 e. The largest absolute Gasteiger partial charge is 0.488 e. The third-order valence-electron chi connectivity index (χ3n) is 4.46. The van der Waals surface area contributed by atoms with Gasteiger partial charge in [0.05, 0.1) is 0 Å². The molecule has 0 aromatic heterocycles. The van der Waals surface area contributed by atoms with E-state index in [9.17, 15) is 9.59 Å². The van der Waals surface area contributed by atoms with Crippen molar-refractivity contribution in [3.63, 3.8) is 0 Å². The van der Waals surface area contributed by atoms with E-state index in [4.69, 9.17) is 21.1 Å². The van der Waals surface area contributed by atoms with Crippen LogP contribution in [0.3, 0.4) is 0 Å². The summed E-state index contributed by atoms with van der Waals surface area (Å²) in [4.78, 5) is 26.6. The normalized spacial score (nSPS) is 14.7. The molecule has 1 aliphatic heterocycles. The van der Waals surface area contributed by atoms with Gasteiger partial charge in [-0.2, -0.15) is 0 Å². The molecule has 27 heavy (non-hydrogen) atoms. The zero-order chi connectivity index (χ0) is 19.2. The molecule has 5 nitrogen and oxygen atoms in total. The van der Waals surface area contributed by atoms with E-state index in [0.717, 1.165) is 31.5 Å². The SMILES string of the molecule is C[C@H](OC(=O)c1ccccc1OCc1ccc(Cl)cc1)C(=O)N1CCCC1. The van der Waals surface area contributed by atoms with Crippen LogP contribution in [-0.4, -0.2) is 36.0 Å². The average molecular weight is 388 g/mol. The van der Waals surface area contributed by atoms with Gasteiger partial charge in [-0.25, -0.2) is 4.79 Å². The summed E-state index contributed by atoms with van der Waals surface area (Å²) in [7, 11) is 0. The molecule has 6 heteroatoms. The Hall–Kier alpha value is -2.53. The zero-order valence-electron chi connectivity index (χ0n) is 15.2. The third-order valence-corrected chi connectivity index (χ3v) is 4.72. The maximum Gasteiger partial charge on any atom is 0.342 e. The van der Waals surface area contributed by atoms with Crippen LogP contribution in [0, 0.1) is 0 Å². The number of amides is 1. The van der Waals surface area contributed by atoms with Gasteiger partial charge in [-0.05, 0) is 49.6 Å². The topological polar surface area (TPSA) is 55.8 Å². The number of hydrogen-bond acceptors (Lipinski definition) is 4. The molecule has 1 aliphatic rings. The minimum atomic E-state index is -0.820. The van der Waals surface area contributed by atoms with Crippen molar-refractivity contribution in [3.8, 4) is 5.75 Å². The van der Waals surface area contributed by atoms with Gasteiger partial charge >= 0.3 is 5.97 Å². The number of rotatable bonds is 6. The van der Waals surface area contributed by atoms with Gasteiger partial charge in [0.1, 0.15) is 17.9 Å². The monoisotopic (exact) mass is 387 g/mol. The molecule has 0 unspecified atom stereocenters. The minimum absolute atomic E-state index is 0.152. The number of esters is 1. The lowest BCUT2D eigenvalue weighted by atomic mass is 10.2. The summed E-state index contributed by atoms with van der Waals surface area (Å²) in [6.45, 7) is 3.35. The molecule has 1 atom stereocenters. The first kappa shape index (κ1) is 19.2. The second kappa shape index (κ2) is 8.91. The predicted molar refractivity (Wildman–Crippen MR) is 103 cm³/mol. The van der Waals surface area contributed by atoms with Gasteiger partial charge in [-0.3, -0.25) is 4.79 Å². The van der Waals surface area contributed by atoms with E-state index in [1.807, 2.05) is 12.1 Å². The van der Waals surface area contributed by atoms with E-state index < -0.39 is 12.1 Å². The van der Waals surface area contributed by atoms with Crippen LogP contribution in [0.5, 0.6) is 5.75 Å². The van der Waals surface area contributed by atoms with Gasteiger partial charge < -0.3 is 14.4 Å². The molecule has 1 amide bonds. The van der Waals surface area contributed by atoms with Crippen molar-refractivity contribution in [1.82, 2.24) is 4.90 Å². The Bertz CT molecular complexity index is 800. The predicted octanol–water partition coefficient (Wildman–Crippen LogP) is 4.09. The van der Waals surface area contributed by atoms with Crippen molar-refractivity contribution in [1.29, 1.82) is 0 Å². The lowest BCUT2D eigenvalue weighted by molar-refractivity contribution is -0.138. The summed E-state index contributed by atoms with van der Waals surface area (Å²) in [6, 6.07) is 14.1. The van der Waals surface area contributed by atoms with E-state index in [-0.39, 0.29) is 5.91 Å². The standard InChI is InChI=1S/C21H22ClNO4/c1-15(20(24)23-12-4-5-13-23)27-21(25)18-6-2-3-7-19(18)26-14-16-8-10-17(22)11-9-16/h2-3,6-11,15H,4-5,12-14H2,1H3/t15-/m0/s1. The highest BCUT2D eigenvalue weighted by atomic mass is 35.5. The molecule has 2 aromatic carbocycles. The summed E-state index contributed by atoms with van der Waals surface area (Å²) in [6.07, 6.45) is 1.17. The Balaban J connectivity index is 1.64. The second-order valence-electron chi connectivity index (χ2n) is 6.49. The van der Waals surface area contributed by atoms with Gasteiger partial charge in [0.25, 0.3) is 5.91 Å². The van der Waals surface area contributed by atoms with E-state index in [1.54, 1.807) is 48.2 Å². The molecule has 1 heterocycles. The summed E-state index contributed by atoms with van der Waals surface area (Å²) in [5, 5.41) is 0.652. The van der Waals surface area contributed by atoms with Gasteiger partial charge in [0, 0.05) is 18.1 Å². The van der Waals surface area contributed by atoms with Crippen LogP contribution in [0.15, 0.2) is 48.5 Å². The van der Waals surface area contributed by atoms with Gasteiger partial charge in [0.15, 0.2) is 6.10 Å². The number of nitrogens with zero attached hydrogens (tertiary/aromatic N) is 1. The lowest BCUT2D eigenvalue weighted by Crippen LogP contribution is -2.38. The van der Waals surface area contributed by atoms with Crippen molar-refractivity contribution in [2.75, 3.05) is 13.1 Å². The Kier molecular flexibility index (Phi) is 6.35. The molecule has 142 valence electrons. The van der Waals surface area contributed by atoms with Crippen LogP contribution in [0.2, 0.25) is 5.02 Å². The highest BCUT2D eigenvalue weighted by Gasteiger charge is 2.27. The molecule has 0 aliphatic carbocycles. The molecular formula is C21H22ClNO4. The molecule has 3 rings (SSSR count). The van der Waals surface area contributed by atoms with Crippen molar-refractivity contribution in [3.05, 3.63) is 64.7 Å². The van der Waals surface area contributed by atoms with Crippen LogP contribution in [0.4, 0.5) is 0 Å². The van der Waals surface area contributed by atoms with Crippen LogP contribution in [0.25, 0.3) is 0 Å². The Morgan fingerprint density at radius 2 is 1.74 bits per heavy atom. The molecule has 0 saturated carbocycles. The minimum Gasteiger partial charge on any atom is -0.488 e.